The third kappa shape index (κ3) is 3.96. The molecule has 0 unspecified atom stereocenters. The van der Waals surface area contributed by atoms with Crippen LogP contribution in [-0.2, 0) is 13.1 Å². The molecule has 0 atom stereocenters. The Bertz CT molecular complexity index is 556. The number of thiophene rings is 1. The van der Waals surface area contributed by atoms with Crippen LogP contribution in [0.5, 0.6) is 0 Å². The standard InChI is InChI=1S/C14H16BrClN2S/c1-17-8-10-7-11(15)3-5-13(10)18(2)9-12-4-6-14(16)19-12/h3-7,17H,8-9H2,1-2H3. The van der Waals surface area contributed by atoms with Gasteiger partial charge in [0.2, 0.25) is 0 Å². The summed E-state index contributed by atoms with van der Waals surface area (Å²) in [6.45, 7) is 1.72. The van der Waals surface area contributed by atoms with Crippen molar-refractivity contribution in [2.75, 3.05) is 19.0 Å². The van der Waals surface area contributed by atoms with Crippen molar-refractivity contribution in [2.45, 2.75) is 13.1 Å². The molecule has 2 nitrogen and oxygen atoms in total. The summed E-state index contributed by atoms with van der Waals surface area (Å²) >= 11 is 11.1. The fourth-order valence-corrected chi connectivity index (χ4v) is 3.56. The van der Waals surface area contributed by atoms with E-state index in [0.717, 1.165) is 21.9 Å². The zero-order valence-corrected chi connectivity index (χ0v) is 14.1. The molecule has 19 heavy (non-hydrogen) atoms. The molecule has 2 rings (SSSR count). The lowest BCUT2D eigenvalue weighted by Gasteiger charge is -2.22. The number of benzene rings is 1. The Morgan fingerprint density at radius 3 is 2.74 bits per heavy atom. The van der Waals surface area contributed by atoms with Crippen LogP contribution in [0.15, 0.2) is 34.8 Å². The van der Waals surface area contributed by atoms with Gasteiger partial charge in [-0.25, -0.2) is 0 Å². The Kier molecular flexibility index (Phi) is 5.28. The van der Waals surface area contributed by atoms with E-state index >= 15 is 0 Å². The highest BCUT2D eigenvalue weighted by atomic mass is 79.9. The Hall–Kier alpha value is -0.550. The molecule has 2 aromatic rings. The highest BCUT2D eigenvalue weighted by molar-refractivity contribution is 9.10. The average molecular weight is 360 g/mol. The van der Waals surface area contributed by atoms with Crippen LogP contribution in [0, 0.1) is 0 Å². The van der Waals surface area contributed by atoms with Crippen LogP contribution in [0.25, 0.3) is 0 Å². The second-order valence-electron chi connectivity index (χ2n) is 4.37. The highest BCUT2D eigenvalue weighted by Gasteiger charge is 2.09. The van der Waals surface area contributed by atoms with E-state index in [1.807, 2.05) is 13.1 Å². The van der Waals surface area contributed by atoms with Gasteiger partial charge in [-0.2, -0.15) is 0 Å². The lowest BCUT2D eigenvalue weighted by Crippen LogP contribution is -2.19. The minimum Gasteiger partial charge on any atom is -0.369 e. The van der Waals surface area contributed by atoms with Crippen LogP contribution in [-0.4, -0.2) is 14.1 Å². The molecule has 1 heterocycles. The molecule has 0 saturated carbocycles. The lowest BCUT2D eigenvalue weighted by atomic mass is 10.1. The molecule has 0 saturated heterocycles. The molecule has 0 fully saturated rings. The van der Waals surface area contributed by atoms with E-state index < -0.39 is 0 Å². The van der Waals surface area contributed by atoms with Gasteiger partial charge in [0.1, 0.15) is 0 Å². The van der Waals surface area contributed by atoms with Crippen molar-refractivity contribution in [1.29, 1.82) is 0 Å². The highest BCUT2D eigenvalue weighted by Crippen LogP contribution is 2.28. The summed E-state index contributed by atoms with van der Waals surface area (Å²) in [5, 5.41) is 3.21. The second-order valence-corrected chi connectivity index (χ2v) is 7.08. The Labute approximate surface area is 131 Å². The van der Waals surface area contributed by atoms with E-state index in [4.69, 9.17) is 11.6 Å². The number of anilines is 1. The molecule has 0 bridgehead atoms. The molecule has 1 aromatic carbocycles. The predicted octanol–water partition coefficient (Wildman–Crippen LogP) is 4.52. The lowest BCUT2D eigenvalue weighted by molar-refractivity contribution is 0.806. The zero-order valence-electron chi connectivity index (χ0n) is 10.9. The first kappa shape index (κ1) is 14.9. The Morgan fingerprint density at radius 2 is 2.11 bits per heavy atom. The molecule has 1 N–H and O–H groups in total. The average Bonchev–Trinajstić information content (AvgIpc) is 2.75. The molecular weight excluding hydrogens is 344 g/mol. The second kappa shape index (κ2) is 6.75. The molecule has 0 spiro atoms. The van der Waals surface area contributed by atoms with Crippen LogP contribution in [0.1, 0.15) is 10.4 Å². The van der Waals surface area contributed by atoms with Gasteiger partial charge >= 0.3 is 0 Å². The van der Waals surface area contributed by atoms with Crippen molar-refractivity contribution in [3.8, 4) is 0 Å². The summed E-state index contributed by atoms with van der Waals surface area (Å²) in [5.41, 5.74) is 2.52. The normalized spacial score (nSPS) is 10.7. The summed E-state index contributed by atoms with van der Waals surface area (Å²) in [6.07, 6.45) is 0. The molecule has 0 aliphatic carbocycles. The molecule has 0 aliphatic rings. The van der Waals surface area contributed by atoms with E-state index in [2.05, 4.69) is 57.5 Å². The zero-order chi connectivity index (χ0) is 13.8. The van der Waals surface area contributed by atoms with Gasteiger partial charge in [-0.1, -0.05) is 27.5 Å². The van der Waals surface area contributed by atoms with Gasteiger partial charge in [-0.05, 0) is 42.9 Å². The summed E-state index contributed by atoms with van der Waals surface area (Å²) in [4.78, 5) is 3.52. The summed E-state index contributed by atoms with van der Waals surface area (Å²) < 4.78 is 1.95. The first-order valence-electron chi connectivity index (χ1n) is 5.98. The summed E-state index contributed by atoms with van der Waals surface area (Å²) in [6, 6.07) is 10.4. The van der Waals surface area contributed by atoms with Gasteiger partial charge in [-0.15, -0.1) is 11.3 Å². The van der Waals surface area contributed by atoms with Crippen LogP contribution in [0.3, 0.4) is 0 Å². The van der Waals surface area contributed by atoms with Crippen LogP contribution in [0.2, 0.25) is 4.34 Å². The van der Waals surface area contributed by atoms with Gasteiger partial charge in [0, 0.05) is 28.6 Å². The van der Waals surface area contributed by atoms with E-state index in [9.17, 15) is 0 Å². The van der Waals surface area contributed by atoms with Crippen molar-refractivity contribution in [2.24, 2.45) is 0 Å². The number of nitrogens with zero attached hydrogens (tertiary/aromatic N) is 1. The summed E-state index contributed by atoms with van der Waals surface area (Å²) in [7, 11) is 4.07. The molecule has 1 aromatic heterocycles. The van der Waals surface area contributed by atoms with E-state index in [1.165, 1.54) is 16.1 Å². The minimum absolute atomic E-state index is 0.842. The van der Waals surface area contributed by atoms with E-state index in [-0.39, 0.29) is 0 Å². The van der Waals surface area contributed by atoms with Crippen molar-refractivity contribution < 1.29 is 0 Å². The topological polar surface area (TPSA) is 15.3 Å². The number of hydrogen-bond acceptors (Lipinski definition) is 3. The van der Waals surface area contributed by atoms with Crippen molar-refractivity contribution >= 4 is 44.6 Å². The number of hydrogen-bond donors (Lipinski definition) is 1. The Morgan fingerprint density at radius 1 is 1.32 bits per heavy atom. The van der Waals surface area contributed by atoms with Crippen molar-refractivity contribution in [3.05, 3.63) is 49.6 Å². The monoisotopic (exact) mass is 358 g/mol. The number of halogens is 2. The third-order valence-electron chi connectivity index (χ3n) is 2.84. The quantitative estimate of drug-likeness (QED) is 0.844. The van der Waals surface area contributed by atoms with Crippen molar-refractivity contribution in [3.63, 3.8) is 0 Å². The maximum atomic E-state index is 5.98. The van der Waals surface area contributed by atoms with Gasteiger partial charge in [0.25, 0.3) is 0 Å². The van der Waals surface area contributed by atoms with E-state index in [0.29, 0.717) is 0 Å². The molecule has 0 amide bonds. The number of rotatable bonds is 5. The molecule has 102 valence electrons. The molecule has 0 aliphatic heterocycles. The smallest absolute Gasteiger partial charge is 0.0931 e. The summed E-state index contributed by atoms with van der Waals surface area (Å²) in [5.74, 6) is 0. The largest absolute Gasteiger partial charge is 0.369 e. The minimum atomic E-state index is 0.842. The SMILES string of the molecule is CNCc1cc(Br)ccc1N(C)Cc1ccc(Cl)s1. The predicted molar refractivity (Wildman–Crippen MR) is 88.3 cm³/mol. The third-order valence-corrected chi connectivity index (χ3v) is 4.55. The van der Waals surface area contributed by atoms with Gasteiger partial charge < -0.3 is 10.2 Å². The van der Waals surface area contributed by atoms with Gasteiger partial charge in [0.05, 0.1) is 10.9 Å². The fourth-order valence-electron chi connectivity index (χ4n) is 2.01. The molecular formula is C14H16BrClN2S. The first-order valence-corrected chi connectivity index (χ1v) is 7.97. The maximum Gasteiger partial charge on any atom is 0.0931 e. The van der Waals surface area contributed by atoms with Crippen molar-refractivity contribution in [1.82, 2.24) is 5.32 Å². The molecule has 0 radical (unpaired) electrons. The van der Waals surface area contributed by atoms with Gasteiger partial charge in [-0.3, -0.25) is 0 Å². The van der Waals surface area contributed by atoms with Crippen LogP contribution >= 0.6 is 38.9 Å². The first-order chi connectivity index (χ1) is 9.10. The van der Waals surface area contributed by atoms with Crippen LogP contribution in [0.4, 0.5) is 5.69 Å². The fraction of sp³-hybridized carbons (Fsp3) is 0.286. The maximum absolute atomic E-state index is 5.98. The van der Waals surface area contributed by atoms with Gasteiger partial charge in [0.15, 0.2) is 0 Å². The van der Waals surface area contributed by atoms with Crippen LogP contribution < -0.4 is 10.2 Å². The molecule has 5 heteroatoms. The number of nitrogens with one attached hydrogen (secondary N) is 1. The van der Waals surface area contributed by atoms with E-state index in [1.54, 1.807) is 11.3 Å². The Balaban J connectivity index is 2.20.